The summed E-state index contributed by atoms with van der Waals surface area (Å²) in [7, 11) is -2.19. The topological polar surface area (TPSA) is 94.3 Å². The van der Waals surface area contributed by atoms with Gasteiger partial charge < -0.3 is 10.5 Å². The number of hydrogen-bond acceptors (Lipinski definition) is 5. The van der Waals surface area contributed by atoms with Crippen LogP contribution in [0.5, 0.6) is 0 Å². The van der Waals surface area contributed by atoms with E-state index >= 15 is 0 Å². The van der Waals surface area contributed by atoms with Crippen molar-refractivity contribution < 1.29 is 13.2 Å². The molecule has 1 unspecified atom stereocenters. The molecule has 0 spiro atoms. The number of nitrogens with zero attached hydrogens (tertiary/aromatic N) is 1. The smallest absolute Gasteiger partial charge is 0.241 e. The number of pyridine rings is 1. The van der Waals surface area contributed by atoms with Gasteiger partial charge in [-0.1, -0.05) is 6.07 Å². The number of nitrogens with one attached hydrogen (secondary N) is 1. The molecule has 0 aliphatic rings. The third-order valence-corrected chi connectivity index (χ3v) is 4.77. The molecule has 0 aliphatic heterocycles. The van der Waals surface area contributed by atoms with Crippen molar-refractivity contribution in [1.82, 2.24) is 9.71 Å². The van der Waals surface area contributed by atoms with E-state index in [2.05, 4.69) is 9.71 Å². The number of benzene rings is 1. The lowest BCUT2D eigenvalue weighted by atomic mass is 10.1. The summed E-state index contributed by atoms with van der Waals surface area (Å²) in [6.07, 6.45) is 1.65. The fourth-order valence-electron chi connectivity index (χ4n) is 2.16. The fourth-order valence-corrected chi connectivity index (χ4v) is 3.59. The van der Waals surface area contributed by atoms with Crippen LogP contribution in [0.15, 0.2) is 35.4 Å². The van der Waals surface area contributed by atoms with Crippen molar-refractivity contribution in [2.75, 3.05) is 20.3 Å². The van der Waals surface area contributed by atoms with Gasteiger partial charge in [-0.2, -0.15) is 0 Å². The second-order valence-electron chi connectivity index (χ2n) is 4.79. The van der Waals surface area contributed by atoms with Crippen LogP contribution in [0.25, 0.3) is 10.9 Å². The van der Waals surface area contributed by atoms with E-state index in [-0.39, 0.29) is 18.0 Å². The number of ether oxygens (including phenoxy) is 1. The number of rotatable bonds is 6. The Bertz CT molecular complexity index is 731. The summed E-state index contributed by atoms with van der Waals surface area (Å²) in [5.41, 5.74) is 7.17. The number of aryl methyl sites for hydroxylation is 1. The molecule has 0 saturated heterocycles. The van der Waals surface area contributed by atoms with Gasteiger partial charge in [0.2, 0.25) is 10.0 Å². The van der Waals surface area contributed by atoms with E-state index in [4.69, 9.17) is 10.5 Å². The fraction of sp³-hybridized carbons (Fsp3) is 0.357. The lowest BCUT2D eigenvalue weighted by Crippen LogP contribution is -2.43. The molecule has 1 aromatic heterocycles. The number of fused-ring (bicyclic) bond motifs is 1. The molecule has 2 aromatic rings. The lowest BCUT2D eigenvalue weighted by Gasteiger charge is -2.17. The number of methoxy groups -OCH3 is 1. The van der Waals surface area contributed by atoms with E-state index in [0.717, 1.165) is 5.56 Å². The maximum absolute atomic E-state index is 12.6. The first kappa shape index (κ1) is 15.8. The SMILES string of the molecule is COCC(CN)NS(=O)(=O)c1ccc(C)c2ncccc12. The Morgan fingerprint density at radius 1 is 1.38 bits per heavy atom. The molecule has 21 heavy (non-hydrogen) atoms. The molecule has 1 aromatic carbocycles. The van der Waals surface area contributed by atoms with E-state index in [0.29, 0.717) is 10.9 Å². The van der Waals surface area contributed by atoms with Crippen molar-refractivity contribution in [1.29, 1.82) is 0 Å². The number of nitrogens with two attached hydrogens (primary N) is 1. The van der Waals surface area contributed by atoms with E-state index < -0.39 is 16.1 Å². The molecule has 0 saturated carbocycles. The summed E-state index contributed by atoms with van der Waals surface area (Å²) >= 11 is 0. The molecule has 2 rings (SSSR count). The van der Waals surface area contributed by atoms with E-state index in [1.54, 1.807) is 30.5 Å². The van der Waals surface area contributed by atoms with Crippen LogP contribution < -0.4 is 10.5 Å². The second-order valence-corrected chi connectivity index (χ2v) is 6.47. The van der Waals surface area contributed by atoms with Crippen molar-refractivity contribution >= 4 is 20.9 Å². The van der Waals surface area contributed by atoms with Gasteiger partial charge in [-0.25, -0.2) is 13.1 Å². The summed E-state index contributed by atoms with van der Waals surface area (Å²) in [5, 5.41) is 0.596. The highest BCUT2D eigenvalue weighted by Gasteiger charge is 2.22. The van der Waals surface area contributed by atoms with Crippen LogP contribution in [0, 0.1) is 6.92 Å². The average Bonchev–Trinajstić information content (AvgIpc) is 2.47. The Kier molecular flexibility index (Phi) is 4.89. The summed E-state index contributed by atoms with van der Waals surface area (Å²) in [4.78, 5) is 4.45. The van der Waals surface area contributed by atoms with E-state index in [1.165, 1.54) is 7.11 Å². The summed E-state index contributed by atoms with van der Waals surface area (Å²) in [6.45, 7) is 2.28. The highest BCUT2D eigenvalue weighted by Crippen LogP contribution is 2.24. The van der Waals surface area contributed by atoms with Crippen molar-refractivity contribution in [3.8, 4) is 0 Å². The van der Waals surface area contributed by atoms with Gasteiger partial charge in [-0.3, -0.25) is 4.98 Å². The third kappa shape index (κ3) is 3.38. The van der Waals surface area contributed by atoms with Gasteiger partial charge in [0, 0.05) is 25.2 Å². The van der Waals surface area contributed by atoms with Crippen LogP contribution in [0.1, 0.15) is 5.56 Å². The number of sulfonamides is 1. The second kappa shape index (κ2) is 6.48. The van der Waals surface area contributed by atoms with Gasteiger partial charge >= 0.3 is 0 Å². The van der Waals surface area contributed by atoms with Gasteiger partial charge in [0.1, 0.15) is 0 Å². The minimum atomic E-state index is -3.69. The molecule has 1 heterocycles. The Balaban J connectivity index is 2.48. The number of aromatic nitrogens is 1. The molecule has 6 nitrogen and oxygen atoms in total. The molecule has 7 heteroatoms. The van der Waals surface area contributed by atoms with E-state index in [9.17, 15) is 8.42 Å². The molecule has 0 radical (unpaired) electrons. The molecule has 1 atom stereocenters. The highest BCUT2D eigenvalue weighted by molar-refractivity contribution is 7.89. The van der Waals surface area contributed by atoms with Gasteiger partial charge in [0.15, 0.2) is 0 Å². The van der Waals surface area contributed by atoms with E-state index in [1.807, 2.05) is 6.92 Å². The molecule has 3 N–H and O–H groups in total. The standard InChI is InChI=1S/C14H19N3O3S/c1-10-5-6-13(12-4-3-7-16-14(10)12)21(18,19)17-11(8-15)9-20-2/h3-7,11,17H,8-9,15H2,1-2H3. The van der Waals surface area contributed by atoms with Crippen LogP contribution in [0.2, 0.25) is 0 Å². The number of hydrogen-bond donors (Lipinski definition) is 2. The molecular formula is C14H19N3O3S. The van der Waals surface area contributed by atoms with Gasteiger partial charge in [-0.15, -0.1) is 0 Å². The highest BCUT2D eigenvalue weighted by atomic mass is 32.2. The lowest BCUT2D eigenvalue weighted by molar-refractivity contribution is 0.177. The molecule has 0 aliphatic carbocycles. The zero-order chi connectivity index (χ0) is 15.5. The Morgan fingerprint density at radius 3 is 2.81 bits per heavy atom. The zero-order valence-electron chi connectivity index (χ0n) is 12.0. The van der Waals surface area contributed by atoms with Crippen molar-refractivity contribution in [2.45, 2.75) is 17.9 Å². The molecule has 114 valence electrons. The van der Waals surface area contributed by atoms with Crippen molar-refractivity contribution in [3.63, 3.8) is 0 Å². The van der Waals surface area contributed by atoms with Crippen LogP contribution in [0.4, 0.5) is 0 Å². The predicted molar refractivity (Wildman–Crippen MR) is 81.5 cm³/mol. The van der Waals surface area contributed by atoms with Crippen molar-refractivity contribution in [2.24, 2.45) is 5.73 Å². The molecule has 0 amide bonds. The Morgan fingerprint density at radius 2 is 2.14 bits per heavy atom. The Labute approximate surface area is 124 Å². The monoisotopic (exact) mass is 309 g/mol. The Hall–Kier alpha value is -1.54. The summed E-state index contributed by atoms with van der Waals surface area (Å²) in [6, 6.07) is 6.33. The quantitative estimate of drug-likeness (QED) is 0.823. The third-order valence-electron chi connectivity index (χ3n) is 3.20. The summed E-state index contributed by atoms with van der Waals surface area (Å²) < 4.78 is 32.6. The minimum Gasteiger partial charge on any atom is -0.383 e. The first-order valence-electron chi connectivity index (χ1n) is 6.55. The zero-order valence-corrected chi connectivity index (χ0v) is 12.9. The molecule has 0 fully saturated rings. The summed E-state index contributed by atoms with van der Waals surface area (Å²) in [5.74, 6) is 0. The minimum absolute atomic E-state index is 0.162. The first-order valence-corrected chi connectivity index (χ1v) is 8.03. The van der Waals surface area contributed by atoms with Crippen LogP contribution >= 0.6 is 0 Å². The van der Waals surface area contributed by atoms with Gasteiger partial charge in [0.25, 0.3) is 0 Å². The van der Waals surface area contributed by atoms with Crippen LogP contribution in [-0.2, 0) is 14.8 Å². The van der Waals surface area contributed by atoms with Crippen molar-refractivity contribution in [3.05, 3.63) is 36.0 Å². The maximum atomic E-state index is 12.6. The first-order chi connectivity index (χ1) is 9.99. The molecular weight excluding hydrogens is 290 g/mol. The predicted octanol–water partition coefficient (Wildman–Crippen LogP) is 0.795. The largest absolute Gasteiger partial charge is 0.383 e. The van der Waals surface area contributed by atoms with Gasteiger partial charge in [-0.05, 0) is 30.7 Å². The van der Waals surface area contributed by atoms with Crippen LogP contribution in [-0.4, -0.2) is 39.7 Å². The van der Waals surface area contributed by atoms with Crippen LogP contribution in [0.3, 0.4) is 0 Å². The van der Waals surface area contributed by atoms with Gasteiger partial charge in [0.05, 0.1) is 23.1 Å². The maximum Gasteiger partial charge on any atom is 0.241 e. The average molecular weight is 309 g/mol. The normalized spacial score (nSPS) is 13.5. The molecule has 0 bridgehead atoms.